The Labute approximate surface area is 258 Å². The van der Waals surface area contributed by atoms with Gasteiger partial charge in [0.05, 0.1) is 16.7 Å². The number of benzene rings is 4. The Morgan fingerprint density at radius 3 is 1.96 bits per heavy atom. The van der Waals surface area contributed by atoms with Crippen molar-refractivity contribution in [2.45, 2.75) is 43.8 Å². The van der Waals surface area contributed by atoms with Crippen LogP contribution < -0.4 is 15.8 Å². The van der Waals surface area contributed by atoms with E-state index < -0.39 is 81.4 Å². The lowest BCUT2D eigenvalue weighted by Crippen LogP contribution is -2.49. The van der Waals surface area contributed by atoms with E-state index in [-0.39, 0.29) is 11.6 Å². The molecule has 242 valence electrons. The molecule has 2 amide bonds. The van der Waals surface area contributed by atoms with Gasteiger partial charge in [0.1, 0.15) is 5.82 Å². The van der Waals surface area contributed by atoms with Gasteiger partial charge in [0.2, 0.25) is 0 Å². The minimum Gasteiger partial charge on any atom is -0.475 e. The van der Waals surface area contributed by atoms with E-state index in [4.69, 9.17) is 10.5 Å². The molecule has 0 radical (unpaired) electrons. The van der Waals surface area contributed by atoms with E-state index in [1.54, 1.807) is 30.3 Å². The number of carbonyl (C=O) groups is 2. The van der Waals surface area contributed by atoms with Crippen molar-refractivity contribution in [2.24, 2.45) is 5.73 Å². The monoisotopic (exact) mass is 650 g/mol. The number of nitrogens with one attached hydrogen (secondary N) is 1. The Bertz CT molecular complexity index is 1750. The molecule has 0 saturated carbocycles. The number of ether oxygens (including phenoxy) is 1. The summed E-state index contributed by atoms with van der Waals surface area (Å²) in [5.74, 6) is -5.13. The fraction of sp³-hybridized carbons (Fsp3) is 0.212. The van der Waals surface area contributed by atoms with Crippen molar-refractivity contribution < 1.29 is 49.4 Å². The van der Waals surface area contributed by atoms with Gasteiger partial charge in [0.25, 0.3) is 11.8 Å². The maximum absolute atomic E-state index is 15.1. The maximum atomic E-state index is 15.1. The Morgan fingerprint density at radius 2 is 1.35 bits per heavy atom. The predicted octanol–water partition coefficient (Wildman–Crippen LogP) is 7.56. The first-order valence-corrected chi connectivity index (χ1v) is 13.5. The number of amides is 2. The first-order chi connectivity index (χ1) is 21.3. The van der Waals surface area contributed by atoms with Crippen molar-refractivity contribution in [1.82, 2.24) is 5.32 Å². The number of nitrogens with two attached hydrogens (primary N) is 1. The van der Waals surface area contributed by atoms with E-state index in [2.05, 4.69) is 5.32 Å². The Morgan fingerprint density at radius 1 is 0.717 bits per heavy atom. The lowest BCUT2D eigenvalue weighted by molar-refractivity contribution is -0.138. The van der Waals surface area contributed by atoms with Crippen LogP contribution in [0.3, 0.4) is 0 Å². The highest BCUT2D eigenvalue weighted by Crippen LogP contribution is 2.40. The summed E-state index contributed by atoms with van der Waals surface area (Å²) in [7, 11) is 0. The predicted molar refractivity (Wildman–Crippen MR) is 152 cm³/mol. The van der Waals surface area contributed by atoms with Crippen LogP contribution in [0.1, 0.15) is 52.0 Å². The lowest BCUT2D eigenvalue weighted by Gasteiger charge is -2.37. The second-order valence-electron chi connectivity index (χ2n) is 10.9. The van der Waals surface area contributed by atoms with Gasteiger partial charge < -0.3 is 15.8 Å². The van der Waals surface area contributed by atoms with Gasteiger partial charge in [-0.25, -0.2) is 8.78 Å². The van der Waals surface area contributed by atoms with Gasteiger partial charge >= 0.3 is 12.4 Å². The molecule has 0 fully saturated rings. The Balaban J connectivity index is 2.04. The van der Waals surface area contributed by atoms with Gasteiger partial charge in [0.15, 0.2) is 17.2 Å². The number of carbonyl (C=O) groups excluding carboxylic acids is 2. The lowest BCUT2D eigenvalue weighted by atomic mass is 9.77. The third-order valence-corrected chi connectivity index (χ3v) is 7.19. The molecule has 0 aliphatic rings. The van der Waals surface area contributed by atoms with Crippen molar-refractivity contribution >= 4 is 11.8 Å². The third-order valence-electron chi connectivity index (χ3n) is 7.19. The standard InChI is InChI=1S/C33H26F8N2O3/c1-30(2,29(42)45)46-27-17-21(11-12-26(27)35)31(18-19-7-4-3-5-8-19,23-14-24(33(39,40)41)16-25(34)15-23)43-28(44)20-9-6-10-22(13-20)32(36,37)38/h3-17H,18H2,1-2H3,(H2,42,45)(H,43,44). The van der Waals surface area contributed by atoms with Crippen LogP contribution in [-0.2, 0) is 29.1 Å². The molecule has 0 heterocycles. The summed E-state index contributed by atoms with van der Waals surface area (Å²) in [6, 6.07) is 15.6. The molecule has 4 rings (SSSR count). The van der Waals surface area contributed by atoms with Gasteiger partial charge in [-0.1, -0.05) is 42.5 Å². The first kappa shape index (κ1) is 33.9. The highest BCUT2D eigenvalue weighted by molar-refractivity contribution is 5.95. The number of halogens is 8. The van der Waals surface area contributed by atoms with E-state index in [9.17, 15) is 40.3 Å². The van der Waals surface area contributed by atoms with E-state index >= 15 is 4.39 Å². The van der Waals surface area contributed by atoms with E-state index in [1.807, 2.05) is 0 Å². The maximum Gasteiger partial charge on any atom is 0.416 e. The van der Waals surface area contributed by atoms with Gasteiger partial charge in [0, 0.05) is 12.0 Å². The first-order valence-electron chi connectivity index (χ1n) is 13.5. The molecular formula is C33H26F8N2O3. The average molecular weight is 651 g/mol. The molecule has 0 bridgehead atoms. The van der Waals surface area contributed by atoms with Crippen LogP contribution in [0.15, 0.2) is 91.0 Å². The molecule has 0 spiro atoms. The third kappa shape index (κ3) is 7.47. The largest absolute Gasteiger partial charge is 0.475 e. The molecule has 3 N–H and O–H groups in total. The zero-order valence-corrected chi connectivity index (χ0v) is 24.2. The molecule has 4 aromatic carbocycles. The van der Waals surface area contributed by atoms with Crippen LogP contribution in [0.2, 0.25) is 0 Å². The van der Waals surface area contributed by atoms with Crippen molar-refractivity contribution in [3.63, 3.8) is 0 Å². The van der Waals surface area contributed by atoms with Gasteiger partial charge in [-0.3, -0.25) is 9.59 Å². The summed E-state index contributed by atoms with van der Waals surface area (Å²) >= 11 is 0. The molecule has 0 aliphatic heterocycles. The highest BCUT2D eigenvalue weighted by Gasteiger charge is 2.41. The van der Waals surface area contributed by atoms with Crippen LogP contribution in [0.5, 0.6) is 5.75 Å². The van der Waals surface area contributed by atoms with Crippen molar-refractivity contribution in [3.8, 4) is 5.75 Å². The fourth-order valence-electron chi connectivity index (χ4n) is 4.74. The number of primary amides is 1. The molecule has 0 saturated heterocycles. The number of hydrogen-bond acceptors (Lipinski definition) is 3. The van der Waals surface area contributed by atoms with Crippen molar-refractivity contribution in [1.29, 1.82) is 0 Å². The van der Waals surface area contributed by atoms with Crippen LogP contribution in [0.25, 0.3) is 0 Å². The smallest absolute Gasteiger partial charge is 0.416 e. The average Bonchev–Trinajstić information content (AvgIpc) is 2.97. The zero-order valence-electron chi connectivity index (χ0n) is 24.2. The van der Waals surface area contributed by atoms with Gasteiger partial charge in [-0.05, 0) is 79.1 Å². The molecule has 46 heavy (non-hydrogen) atoms. The summed E-state index contributed by atoms with van der Waals surface area (Å²) in [6.45, 7) is 2.46. The number of alkyl halides is 6. The topological polar surface area (TPSA) is 81.4 Å². The number of hydrogen-bond donors (Lipinski definition) is 2. The molecule has 1 unspecified atom stereocenters. The molecule has 1 atom stereocenters. The molecule has 4 aromatic rings. The van der Waals surface area contributed by atoms with Crippen LogP contribution in [-0.4, -0.2) is 17.4 Å². The van der Waals surface area contributed by atoms with Gasteiger partial charge in [-0.2, -0.15) is 26.3 Å². The highest BCUT2D eigenvalue weighted by atomic mass is 19.4. The quantitative estimate of drug-likeness (QED) is 0.184. The molecular weight excluding hydrogens is 624 g/mol. The second kappa shape index (κ2) is 12.5. The fourth-order valence-corrected chi connectivity index (χ4v) is 4.74. The molecule has 0 aromatic heterocycles. The van der Waals surface area contributed by atoms with E-state index in [0.29, 0.717) is 17.7 Å². The Hall–Kier alpha value is -4.94. The summed E-state index contributed by atoms with van der Waals surface area (Å²) in [4.78, 5) is 25.7. The number of rotatable bonds is 9. The molecule has 5 nitrogen and oxygen atoms in total. The summed E-state index contributed by atoms with van der Waals surface area (Å²) in [6.07, 6.45) is -10.3. The van der Waals surface area contributed by atoms with Crippen LogP contribution >= 0.6 is 0 Å². The summed E-state index contributed by atoms with van der Waals surface area (Å²) in [5.41, 5.74) is -2.00. The van der Waals surface area contributed by atoms with Gasteiger partial charge in [-0.15, -0.1) is 0 Å². The minimum atomic E-state index is -5.05. The van der Waals surface area contributed by atoms with Crippen LogP contribution in [0.4, 0.5) is 35.1 Å². The zero-order chi connectivity index (χ0) is 34.1. The minimum absolute atomic E-state index is 0.160. The second-order valence-corrected chi connectivity index (χ2v) is 10.9. The summed E-state index contributed by atoms with van der Waals surface area (Å²) < 4.78 is 118. The van der Waals surface area contributed by atoms with Crippen molar-refractivity contribution in [3.05, 3.63) is 136 Å². The summed E-state index contributed by atoms with van der Waals surface area (Å²) in [5, 5.41) is 2.53. The molecule has 0 aliphatic carbocycles. The Kier molecular flexibility index (Phi) is 9.19. The van der Waals surface area contributed by atoms with Crippen molar-refractivity contribution in [2.75, 3.05) is 0 Å². The van der Waals surface area contributed by atoms with E-state index in [0.717, 1.165) is 42.5 Å². The normalized spacial score (nSPS) is 13.5. The molecule has 13 heteroatoms. The van der Waals surface area contributed by atoms with Crippen LogP contribution in [0, 0.1) is 11.6 Å². The van der Waals surface area contributed by atoms with E-state index in [1.165, 1.54) is 13.8 Å². The SMILES string of the molecule is CC(C)(Oc1cc(C(Cc2ccccc2)(NC(=O)c2cccc(C(F)(F)F)c2)c2cc(F)cc(C(F)(F)F)c2)ccc1F)C(N)=O.